The van der Waals surface area contributed by atoms with Gasteiger partial charge in [-0.05, 0) is 38.3 Å². The SMILES string of the molecule is [CH2]c1ncccc1N1CCCCC1. The molecule has 0 spiro atoms. The largest absolute Gasteiger partial charge is 0.370 e. The van der Waals surface area contributed by atoms with Gasteiger partial charge in [0, 0.05) is 19.3 Å². The molecule has 0 N–H and O–H groups in total. The summed E-state index contributed by atoms with van der Waals surface area (Å²) in [5.41, 5.74) is 2.12. The molecule has 2 rings (SSSR count). The minimum atomic E-state index is 0.907. The third-order valence-corrected chi connectivity index (χ3v) is 2.56. The van der Waals surface area contributed by atoms with Crippen molar-refractivity contribution in [2.24, 2.45) is 0 Å². The van der Waals surface area contributed by atoms with Gasteiger partial charge in [0.2, 0.25) is 0 Å². The molecule has 0 saturated carbocycles. The maximum Gasteiger partial charge on any atom is 0.0640 e. The molecule has 1 aliphatic heterocycles. The fourth-order valence-electron chi connectivity index (χ4n) is 1.85. The van der Waals surface area contributed by atoms with Crippen molar-refractivity contribution >= 4 is 5.69 Å². The van der Waals surface area contributed by atoms with Crippen molar-refractivity contribution in [1.82, 2.24) is 4.98 Å². The molecular weight excluding hydrogens is 160 g/mol. The predicted octanol–water partition coefficient (Wildman–Crippen LogP) is 2.25. The van der Waals surface area contributed by atoms with Crippen molar-refractivity contribution in [2.45, 2.75) is 19.3 Å². The van der Waals surface area contributed by atoms with E-state index in [9.17, 15) is 0 Å². The summed E-state index contributed by atoms with van der Waals surface area (Å²) >= 11 is 0. The van der Waals surface area contributed by atoms with Gasteiger partial charge in [-0.1, -0.05) is 0 Å². The van der Waals surface area contributed by atoms with E-state index in [0.29, 0.717) is 0 Å². The number of aromatic nitrogens is 1. The van der Waals surface area contributed by atoms with Gasteiger partial charge in [-0.3, -0.25) is 4.98 Å². The summed E-state index contributed by atoms with van der Waals surface area (Å²) in [6.07, 6.45) is 5.77. The van der Waals surface area contributed by atoms with Crippen LogP contribution in [0.15, 0.2) is 18.3 Å². The van der Waals surface area contributed by atoms with Crippen LogP contribution in [0.25, 0.3) is 0 Å². The summed E-state index contributed by atoms with van der Waals surface area (Å²) in [5.74, 6) is 0. The average Bonchev–Trinajstić information content (AvgIpc) is 2.20. The highest BCUT2D eigenvalue weighted by Crippen LogP contribution is 2.21. The van der Waals surface area contributed by atoms with E-state index < -0.39 is 0 Å². The van der Waals surface area contributed by atoms with Crippen LogP contribution in [0.5, 0.6) is 0 Å². The molecular formula is C11H15N2. The number of anilines is 1. The molecule has 1 radical (unpaired) electrons. The normalized spacial score (nSPS) is 17.5. The fourth-order valence-corrected chi connectivity index (χ4v) is 1.85. The number of nitrogens with zero attached hydrogens (tertiary/aromatic N) is 2. The Morgan fingerprint density at radius 1 is 1.23 bits per heavy atom. The number of rotatable bonds is 1. The molecule has 0 bridgehead atoms. The van der Waals surface area contributed by atoms with Crippen LogP contribution in [0, 0.1) is 6.92 Å². The van der Waals surface area contributed by atoms with Crippen molar-refractivity contribution in [3.05, 3.63) is 30.9 Å². The van der Waals surface area contributed by atoms with Crippen LogP contribution in [0.1, 0.15) is 25.0 Å². The van der Waals surface area contributed by atoms with E-state index in [-0.39, 0.29) is 0 Å². The quantitative estimate of drug-likeness (QED) is 0.650. The molecule has 0 aromatic carbocycles. The molecule has 0 aliphatic carbocycles. The van der Waals surface area contributed by atoms with Crippen molar-refractivity contribution in [3.8, 4) is 0 Å². The third kappa shape index (κ3) is 1.82. The highest BCUT2D eigenvalue weighted by Gasteiger charge is 2.12. The van der Waals surface area contributed by atoms with Crippen LogP contribution < -0.4 is 4.90 Å². The van der Waals surface area contributed by atoms with Crippen LogP contribution in [0.4, 0.5) is 5.69 Å². The van der Waals surface area contributed by atoms with E-state index >= 15 is 0 Å². The van der Waals surface area contributed by atoms with Crippen LogP contribution in [0.3, 0.4) is 0 Å². The summed E-state index contributed by atoms with van der Waals surface area (Å²) < 4.78 is 0. The number of hydrogen-bond acceptors (Lipinski definition) is 2. The van der Waals surface area contributed by atoms with E-state index in [2.05, 4.69) is 22.9 Å². The number of pyridine rings is 1. The molecule has 2 heteroatoms. The topological polar surface area (TPSA) is 16.1 Å². The van der Waals surface area contributed by atoms with Crippen molar-refractivity contribution in [2.75, 3.05) is 18.0 Å². The Labute approximate surface area is 79.6 Å². The Hall–Kier alpha value is -1.05. The Morgan fingerprint density at radius 3 is 2.69 bits per heavy atom. The lowest BCUT2D eigenvalue weighted by Crippen LogP contribution is -2.30. The van der Waals surface area contributed by atoms with Crippen LogP contribution in [-0.2, 0) is 0 Å². The van der Waals surface area contributed by atoms with Gasteiger partial charge < -0.3 is 4.90 Å². The highest BCUT2D eigenvalue weighted by atomic mass is 15.1. The van der Waals surface area contributed by atoms with Gasteiger partial charge in [0.25, 0.3) is 0 Å². The first-order valence-electron chi connectivity index (χ1n) is 4.90. The van der Waals surface area contributed by atoms with Crippen molar-refractivity contribution in [1.29, 1.82) is 0 Å². The average molecular weight is 175 g/mol. The van der Waals surface area contributed by atoms with Gasteiger partial charge in [0.05, 0.1) is 11.4 Å². The molecule has 1 saturated heterocycles. The van der Waals surface area contributed by atoms with Crippen LogP contribution in [0.2, 0.25) is 0 Å². The van der Waals surface area contributed by atoms with E-state index in [1.165, 1.54) is 24.9 Å². The number of hydrogen-bond donors (Lipinski definition) is 0. The number of piperidine rings is 1. The molecule has 0 unspecified atom stereocenters. The summed E-state index contributed by atoms with van der Waals surface area (Å²) in [7, 11) is 0. The minimum Gasteiger partial charge on any atom is -0.370 e. The van der Waals surface area contributed by atoms with E-state index in [0.717, 1.165) is 18.8 Å². The maximum absolute atomic E-state index is 4.20. The summed E-state index contributed by atoms with van der Waals surface area (Å²) in [6.45, 7) is 6.26. The van der Waals surface area contributed by atoms with Gasteiger partial charge in [-0.2, -0.15) is 0 Å². The molecule has 1 fully saturated rings. The smallest absolute Gasteiger partial charge is 0.0640 e. The summed E-state index contributed by atoms with van der Waals surface area (Å²) in [5, 5.41) is 0. The molecule has 1 aliphatic rings. The Kier molecular flexibility index (Phi) is 2.48. The van der Waals surface area contributed by atoms with Crippen molar-refractivity contribution < 1.29 is 0 Å². The third-order valence-electron chi connectivity index (χ3n) is 2.56. The minimum absolute atomic E-state index is 0.907. The second-order valence-electron chi connectivity index (χ2n) is 3.52. The Bertz CT molecular complexity index is 277. The first-order valence-corrected chi connectivity index (χ1v) is 4.90. The molecule has 1 aromatic heterocycles. The van der Waals surface area contributed by atoms with Crippen LogP contribution >= 0.6 is 0 Å². The zero-order valence-corrected chi connectivity index (χ0v) is 7.87. The second kappa shape index (κ2) is 3.77. The maximum atomic E-state index is 4.20. The lowest BCUT2D eigenvalue weighted by Gasteiger charge is -2.29. The van der Waals surface area contributed by atoms with E-state index in [1.807, 2.05) is 6.07 Å². The van der Waals surface area contributed by atoms with Crippen molar-refractivity contribution in [3.63, 3.8) is 0 Å². The zero-order valence-electron chi connectivity index (χ0n) is 7.87. The lowest BCUT2D eigenvalue weighted by molar-refractivity contribution is 0.577. The van der Waals surface area contributed by atoms with Gasteiger partial charge in [0.1, 0.15) is 0 Å². The molecule has 0 amide bonds. The van der Waals surface area contributed by atoms with Crippen LogP contribution in [-0.4, -0.2) is 18.1 Å². The molecule has 0 atom stereocenters. The second-order valence-corrected chi connectivity index (χ2v) is 3.52. The summed E-state index contributed by atoms with van der Waals surface area (Å²) in [4.78, 5) is 6.59. The molecule has 2 heterocycles. The summed E-state index contributed by atoms with van der Waals surface area (Å²) in [6, 6.07) is 4.10. The van der Waals surface area contributed by atoms with Gasteiger partial charge in [-0.15, -0.1) is 0 Å². The monoisotopic (exact) mass is 175 g/mol. The van der Waals surface area contributed by atoms with Gasteiger partial charge >= 0.3 is 0 Å². The zero-order chi connectivity index (χ0) is 9.10. The molecule has 2 nitrogen and oxygen atoms in total. The predicted molar refractivity (Wildman–Crippen MR) is 54.8 cm³/mol. The highest BCUT2D eigenvalue weighted by molar-refractivity contribution is 5.51. The molecule has 13 heavy (non-hydrogen) atoms. The van der Waals surface area contributed by atoms with Gasteiger partial charge in [-0.25, -0.2) is 0 Å². The lowest BCUT2D eigenvalue weighted by atomic mass is 10.1. The van der Waals surface area contributed by atoms with E-state index in [4.69, 9.17) is 0 Å². The molecule has 69 valence electrons. The standard InChI is InChI=1S/C11H15N2/c1-10-11(6-5-7-12-10)13-8-3-2-4-9-13/h5-7H,1-4,8-9H2. The van der Waals surface area contributed by atoms with E-state index in [1.54, 1.807) is 6.20 Å². The fraction of sp³-hybridized carbons (Fsp3) is 0.455. The molecule has 1 aromatic rings. The Balaban J connectivity index is 2.18. The first kappa shape index (κ1) is 8.54. The Morgan fingerprint density at radius 2 is 2.00 bits per heavy atom. The van der Waals surface area contributed by atoms with Gasteiger partial charge in [0.15, 0.2) is 0 Å². The first-order chi connectivity index (χ1) is 6.38.